The smallest absolute Gasteiger partial charge is 0.157 e. The quantitative estimate of drug-likeness (QED) is 0.593. The average Bonchev–Trinajstić information content (AvgIpc) is 2.13. The lowest BCUT2D eigenvalue weighted by Gasteiger charge is -2.13. The van der Waals surface area contributed by atoms with Crippen molar-refractivity contribution in [1.82, 2.24) is 9.97 Å². The molecule has 1 unspecified atom stereocenters. The number of nitrogens with one attached hydrogen (secondary N) is 1. The Balaban J connectivity index is 2.76. The Morgan fingerprint density at radius 2 is 2.43 bits per heavy atom. The van der Waals surface area contributed by atoms with Crippen molar-refractivity contribution in [2.45, 2.75) is 19.4 Å². The summed E-state index contributed by atoms with van der Waals surface area (Å²) in [6.07, 6.45) is 4.04. The van der Waals surface area contributed by atoms with Gasteiger partial charge in [0.05, 0.1) is 0 Å². The fourth-order valence-electron chi connectivity index (χ4n) is 1.03. The zero-order valence-electron chi connectivity index (χ0n) is 8.00. The highest BCUT2D eigenvalue weighted by Crippen LogP contribution is 2.22. The van der Waals surface area contributed by atoms with Gasteiger partial charge in [0.25, 0.3) is 0 Å². The summed E-state index contributed by atoms with van der Waals surface area (Å²) in [6.45, 7) is 5.66. The topological polar surface area (TPSA) is 63.8 Å². The molecule has 1 aromatic heterocycles. The SMILES string of the molecule is C=CCC(C)Nc1ncnc(Cl)c1N. The van der Waals surface area contributed by atoms with E-state index < -0.39 is 0 Å². The Morgan fingerprint density at radius 1 is 1.71 bits per heavy atom. The number of nitrogen functional groups attached to an aromatic ring is 1. The molecule has 0 amide bonds. The third-order valence-corrected chi connectivity index (χ3v) is 2.04. The molecule has 4 nitrogen and oxygen atoms in total. The average molecular weight is 213 g/mol. The molecule has 14 heavy (non-hydrogen) atoms. The molecule has 0 spiro atoms. The number of anilines is 2. The summed E-state index contributed by atoms with van der Waals surface area (Å²) in [4.78, 5) is 7.76. The number of hydrogen-bond acceptors (Lipinski definition) is 4. The van der Waals surface area contributed by atoms with Crippen molar-refractivity contribution in [2.24, 2.45) is 0 Å². The molecule has 76 valence electrons. The summed E-state index contributed by atoms with van der Waals surface area (Å²) in [6, 6.07) is 0.223. The molecule has 0 aromatic carbocycles. The lowest BCUT2D eigenvalue weighted by Crippen LogP contribution is -2.16. The van der Waals surface area contributed by atoms with Gasteiger partial charge in [0.1, 0.15) is 12.0 Å². The first-order chi connectivity index (χ1) is 6.65. The van der Waals surface area contributed by atoms with Crippen molar-refractivity contribution in [2.75, 3.05) is 11.1 Å². The maximum atomic E-state index is 5.74. The van der Waals surface area contributed by atoms with E-state index in [9.17, 15) is 0 Å². The summed E-state index contributed by atoms with van der Waals surface area (Å²) in [7, 11) is 0. The standard InChI is InChI=1S/C9H13ClN4/c1-3-4-6(2)14-9-7(11)8(10)12-5-13-9/h3,5-6H,1,4,11H2,2H3,(H,12,13,14). The predicted octanol–water partition coefficient (Wildman–Crippen LogP) is 2.09. The first-order valence-electron chi connectivity index (χ1n) is 4.28. The molecule has 0 aliphatic carbocycles. The summed E-state index contributed by atoms with van der Waals surface area (Å²) in [5.41, 5.74) is 6.06. The maximum absolute atomic E-state index is 5.74. The van der Waals surface area contributed by atoms with E-state index in [0.717, 1.165) is 6.42 Å². The van der Waals surface area contributed by atoms with Crippen LogP contribution >= 0.6 is 11.6 Å². The summed E-state index contributed by atoms with van der Waals surface area (Å²) in [5.74, 6) is 0.569. The van der Waals surface area contributed by atoms with Crippen molar-refractivity contribution in [3.63, 3.8) is 0 Å². The molecule has 0 aliphatic heterocycles. The highest BCUT2D eigenvalue weighted by molar-refractivity contribution is 6.32. The number of rotatable bonds is 4. The number of halogens is 1. The zero-order valence-corrected chi connectivity index (χ0v) is 8.75. The molecule has 1 aromatic rings. The van der Waals surface area contributed by atoms with Crippen LogP contribution in [-0.2, 0) is 0 Å². The van der Waals surface area contributed by atoms with Crippen LogP contribution in [0.5, 0.6) is 0 Å². The van der Waals surface area contributed by atoms with Crippen LogP contribution in [0.4, 0.5) is 11.5 Å². The van der Waals surface area contributed by atoms with Crippen LogP contribution in [0.15, 0.2) is 19.0 Å². The monoisotopic (exact) mass is 212 g/mol. The fourth-order valence-corrected chi connectivity index (χ4v) is 1.16. The normalized spacial score (nSPS) is 12.1. The van der Waals surface area contributed by atoms with Crippen LogP contribution in [0.1, 0.15) is 13.3 Å². The predicted molar refractivity (Wildman–Crippen MR) is 59.4 cm³/mol. The van der Waals surface area contributed by atoms with Crippen molar-refractivity contribution >= 4 is 23.1 Å². The molecule has 0 fully saturated rings. The molecule has 1 atom stereocenters. The van der Waals surface area contributed by atoms with Crippen LogP contribution < -0.4 is 11.1 Å². The van der Waals surface area contributed by atoms with Gasteiger partial charge in [-0.3, -0.25) is 0 Å². The first-order valence-corrected chi connectivity index (χ1v) is 4.66. The Hall–Kier alpha value is -1.29. The fraction of sp³-hybridized carbons (Fsp3) is 0.333. The first kappa shape index (κ1) is 10.8. The molecule has 1 heterocycles. The summed E-state index contributed by atoms with van der Waals surface area (Å²) < 4.78 is 0. The number of aromatic nitrogens is 2. The Kier molecular flexibility index (Phi) is 3.71. The largest absolute Gasteiger partial charge is 0.393 e. The van der Waals surface area contributed by atoms with Gasteiger partial charge < -0.3 is 11.1 Å². The van der Waals surface area contributed by atoms with Gasteiger partial charge in [-0.15, -0.1) is 6.58 Å². The number of nitrogens with two attached hydrogens (primary N) is 1. The van der Waals surface area contributed by atoms with Crippen LogP contribution in [0.2, 0.25) is 5.15 Å². The van der Waals surface area contributed by atoms with E-state index in [1.165, 1.54) is 6.33 Å². The van der Waals surface area contributed by atoms with E-state index in [2.05, 4.69) is 21.9 Å². The molecule has 5 heteroatoms. The van der Waals surface area contributed by atoms with Gasteiger partial charge in [-0.05, 0) is 13.3 Å². The molecular formula is C9H13ClN4. The molecule has 3 N–H and O–H groups in total. The molecule has 0 radical (unpaired) electrons. The molecule has 0 aliphatic rings. The van der Waals surface area contributed by atoms with Gasteiger partial charge >= 0.3 is 0 Å². The number of nitrogens with zero attached hydrogens (tertiary/aromatic N) is 2. The lowest BCUT2D eigenvalue weighted by molar-refractivity contribution is 0.807. The van der Waals surface area contributed by atoms with Crippen molar-refractivity contribution in [1.29, 1.82) is 0 Å². The maximum Gasteiger partial charge on any atom is 0.157 e. The molecule has 0 saturated heterocycles. The van der Waals surface area contributed by atoms with Crippen molar-refractivity contribution in [3.8, 4) is 0 Å². The summed E-state index contributed by atoms with van der Waals surface area (Å²) >= 11 is 5.74. The van der Waals surface area contributed by atoms with E-state index in [1.807, 2.05) is 13.0 Å². The molecule has 0 saturated carbocycles. The van der Waals surface area contributed by atoms with Gasteiger partial charge in [0.15, 0.2) is 11.0 Å². The van der Waals surface area contributed by atoms with Crippen molar-refractivity contribution < 1.29 is 0 Å². The Labute approximate surface area is 88.2 Å². The van der Waals surface area contributed by atoms with Crippen LogP contribution in [0.3, 0.4) is 0 Å². The minimum Gasteiger partial charge on any atom is -0.393 e. The van der Waals surface area contributed by atoms with Gasteiger partial charge in [-0.1, -0.05) is 17.7 Å². The van der Waals surface area contributed by atoms with E-state index in [1.54, 1.807) is 0 Å². The van der Waals surface area contributed by atoms with E-state index in [0.29, 0.717) is 11.5 Å². The highest BCUT2D eigenvalue weighted by atomic mass is 35.5. The second kappa shape index (κ2) is 4.81. The van der Waals surface area contributed by atoms with E-state index in [-0.39, 0.29) is 11.2 Å². The molecule has 0 bridgehead atoms. The Morgan fingerprint density at radius 3 is 3.07 bits per heavy atom. The van der Waals surface area contributed by atoms with E-state index >= 15 is 0 Å². The van der Waals surface area contributed by atoms with Gasteiger partial charge in [0, 0.05) is 6.04 Å². The second-order valence-corrected chi connectivity index (χ2v) is 3.35. The van der Waals surface area contributed by atoms with Crippen LogP contribution in [-0.4, -0.2) is 16.0 Å². The third kappa shape index (κ3) is 2.60. The van der Waals surface area contributed by atoms with Gasteiger partial charge in [-0.2, -0.15) is 0 Å². The zero-order chi connectivity index (χ0) is 10.6. The Bertz CT molecular complexity index is 327. The third-order valence-electron chi connectivity index (χ3n) is 1.74. The molecular weight excluding hydrogens is 200 g/mol. The van der Waals surface area contributed by atoms with Crippen LogP contribution in [0, 0.1) is 0 Å². The minimum atomic E-state index is 0.223. The van der Waals surface area contributed by atoms with Crippen molar-refractivity contribution in [3.05, 3.63) is 24.1 Å². The van der Waals surface area contributed by atoms with Gasteiger partial charge in [0.2, 0.25) is 0 Å². The lowest BCUT2D eigenvalue weighted by atomic mass is 10.2. The highest BCUT2D eigenvalue weighted by Gasteiger charge is 2.07. The minimum absolute atomic E-state index is 0.223. The second-order valence-electron chi connectivity index (χ2n) is 3.00. The number of hydrogen-bond donors (Lipinski definition) is 2. The van der Waals surface area contributed by atoms with Gasteiger partial charge in [-0.25, -0.2) is 9.97 Å². The molecule has 1 rings (SSSR count). The van der Waals surface area contributed by atoms with Crippen LogP contribution in [0.25, 0.3) is 0 Å². The summed E-state index contributed by atoms with van der Waals surface area (Å²) in [5, 5.41) is 3.39. The van der Waals surface area contributed by atoms with E-state index in [4.69, 9.17) is 17.3 Å².